The summed E-state index contributed by atoms with van der Waals surface area (Å²) in [6.07, 6.45) is 1.01. The van der Waals surface area contributed by atoms with Crippen molar-refractivity contribution in [3.8, 4) is 11.5 Å². The number of carbonyl (C=O) groups excluding carboxylic acids is 1. The van der Waals surface area contributed by atoms with Crippen LogP contribution in [0.1, 0.15) is 12.0 Å². The van der Waals surface area contributed by atoms with Crippen molar-refractivity contribution >= 4 is 5.91 Å². The average molecular weight is 321 g/mol. The van der Waals surface area contributed by atoms with E-state index in [0.717, 1.165) is 36.7 Å². The summed E-state index contributed by atoms with van der Waals surface area (Å²) in [6.45, 7) is 3.81. The van der Waals surface area contributed by atoms with Gasteiger partial charge in [0, 0.05) is 30.7 Å². The van der Waals surface area contributed by atoms with Crippen LogP contribution in [-0.4, -0.2) is 57.5 Å². The first kappa shape index (κ1) is 16.1. The van der Waals surface area contributed by atoms with Crippen LogP contribution in [0.4, 0.5) is 0 Å². The number of rotatable bonds is 5. The Bertz CT molecular complexity index is 542. The Morgan fingerprint density at radius 1 is 1.39 bits per heavy atom. The molecule has 1 unspecified atom stereocenters. The zero-order chi connectivity index (χ0) is 16.1. The molecule has 0 spiro atoms. The third-order valence-electron chi connectivity index (χ3n) is 4.21. The number of hydrogen-bond acceptors (Lipinski definition) is 5. The van der Waals surface area contributed by atoms with Crippen molar-refractivity contribution in [2.45, 2.75) is 13.0 Å². The molecule has 6 nitrogen and oxygen atoms in total. The first-order chi connectivity index (χ1) is 11.3. The highest BCUT2D eigenvalue weighted by Gasteiger charge is 2.21. The molecule has 0 aliphatic carbocycles. The largest absolute Gasteiger partial charge is 0.497 e. The van der Waals surface area contributed by atoms with Crippen LogP contribution in [0.15, 0.2) is 18.2 Å². The fourth-order valence-corrected chi connectivity index (χ4v) is 2.81. The van der Waals surface area contributed by atoms with Gasteiger partial charge in [0.1, 0.15) is 24.7 Å². The average Bonchev–Trinajstić information content (AvgIpc) is 2.99. The van der Waals surface area contributed by atoms with E-state index in [4.69, 9.17) is 18.9 Å². The van der Waals surface area contributed by atoms with Gasteiger partial charge in [-0.05, 0) is 18.6 Å². The molecule has 23 heavy (non-hydrogen) atoms. The van der Waals surface area contributed by atoms with E-state index in [9.17, 15) is 4.79 Å². The monoisotopic (exact) mass is 321 g/mol. The van der Waals surface area contributed by atoms with Crippen LogP contribution < -0.4 is 9.47 Å². The van der Waals surface area contributed by atoms with Crippen LogP contribution in [0, 0.1) is 5.92 Å². The first-order valence-corrected chi connectivity index (χ1v) is 7.99. The minimum absolute atomic E-state index is 0.00353. The van der Waals surface area contributed by atoms with E-state index in [1.807, 2.05) is 18.2 Å². The number of nitrogens with zero attached hydrogens (tertiary/aromatic N) is 1. The van der Waals surface area contributed by atoms with E-state index in [2.05, 4.69) is 0 Å². The lowest BCUT2D eigenvalue weighted by Crippen LogP contribution is -2.35. The van der Waals surface area contributed by atoms with E-state index in [1.54, 1.807) is 12.0 Å². The number of methoxy groups -OCH3 is 1. The molecule has 3 rings (SSSR count). The highest BCUT2D eigenvalue weighted by Crippen LogP contribution is 2.27. The SMILES string of the molecule is COc1ccc2c(c1)OCCN(C(=O)COCC1CCOC1)C2. The molecule has 6 heteroatoms. The van der Waals surface area contributed by atoms with Crippen molar-refractivity contribution in [3.05, 3.63) is 23.8 Å². The van der Waals surface area contributed by atoms with Crippen LogP contribution in [0.2, 0.25) is 0 Å². The Morgan fingerprint density at radius 2 is 2.30 bits per heavy atom. The van der Waals surface area contributed by atoms with Crippen molar-refractivity contribution in [3.63, 3.8) is 0 Å². The third kappa shape index (κ3) is 4.14. The number of fused-ring (bicyclic) bond motifs is 1. The van der Waals surface area contributed by atoms with Gasteiger partial charge in [0.05, 0.1) is 26.9 Å². The van der Waals surface area contributed by atoms with Crippen molar-refractivity contribution in [1.29, 1.82) is 0 Å². The van der Waals surface area contributed by atoms with E-state index < -0.39 is 0 Å². The van der Waals surface area contributed by atoms with Crippen molar-refractivity contribution < 1.29 is 23.7 Å². The van der Waals surface area contributed by atoms with E-state index in [-0.39, 0.29) is 12.5 Å². The molecule has 0 radical (unpaired) electrons. The lowest BCUT2D eigenvalue weighted by molar-refractivity contribution is -0.137. The van der Waals surface area contributed by atoms with Gasteiger partial charge in [0.2, 0.25) is 5.91 Å². The summed E-state index contributed by atoms with van der Waals surface area (Å²) in [4.78, 5) is 14.1. The summed E-state index contributed by atoms with van der Waals surface area (Å²) in [5, 5.41) is 0. The van der Waals surface area contributed by atoms with Gasteiger partial charge in [-0.2, -0.15) is 0 Å². The zero-order valence-corrected chi connectivity index (χ0v) is 13.5. The fraction of sp³-hybridized carbons (Fsp3) is 0.588. The molecular formula is C17H23NO5. The van der Waals surface area contributed by atoms with Gasteiger partial charge < -0.3 is 23.8 Å². The van der Waals surface area contributed by atoms with Gasteiger partial charge >= 0.3 is 0 Å². The Balaban J connectivity index is 1.53. The Morgan fingerprint density at radius 3 is 3.09 bits per heavy atom. The molecule has 1 amide bonds. The van der Waals surface area contributed by atoms with E-state index in [0.29, 0.717) is 32.2 Å². The molecule has 2 heterocycles. The van der Waals surface area contributed by atoms with Gasteiger partial charge in [-0.1, -0.05) is 0 Å². The second-order valence-electron chi connectivity index (χ2n) is 5.88. The van der Waals surface area contributed by atoms with E-state index >= 15 is 0 Å². The summed E-state index contributed by atoms with van der Waals surface area (Å²) in [7, 11) is 1.63. The summed E-state index contributed by atoms with van der Waals surface area (Å²) < 4.78 is 21.8. The van der Waals surface area contributed by atoms with Crippen molar-refractivity contribution in [2.75, 3.05) is 46.7 Å². The summed E-state index contributed by atoms with van der Waals surface area (Å²) >= 11 is 0. The maximum absolute atomic E-state index is 12.3. The maximum Gasteiger partial charge on any atom is 0.248 e. The molecule has 126 valence electrons. The van der Waals surface area contributed by atoms with Crippen LogP contribution in [0.25, 0.3) is 0 Å². The summed E-state index contributed by atoms with van der Waals surface area (Å²) in [5.74, 6) is 1.95. The van der Waals surface area contributed by atoms with Crippen LogP contribution in [0.3, 0.4) is 0 Å². The molecule has 1 aromatic carbocycles. The van der Waals surface area contributed by atoms with Crippen molar-refractivity contribution in [2.24, 2.45) is 5.92 Å². The summed E-state index contributed by atoms with van der Waals surface area (Å²) in [6, 6.07) is 5.68. The highest BCUT2D eigenvalue weighted by molar-refractivity contribution is 5.77. The topological polar surface area (TPSA) is 57.2 Å². The van der Waals surface area contributed by atoms with Gasteiger partial charge in [-0.15, -0.1) is 0 Å². The number of hydrogen-bond donors (Lipinski definition) is 0. The fourth-order valence-electron chi connectivity index (χ4n) is 2.81. The lowest BCUT2D eigenvalue weighted by atomic mass is 10.1. The molecule has 2 aliphatic heterocycles. The first-order valence-electron chi connectivity index (χ1n) is 7.99. The third-order valence-corrected chi connectivity index (χ3v) is 4.21. The highest BCUT2D eigenvalue weighted by atomic mass is 16.5. The molecule has 0 saturated carbocycles. The van der Waals surface area contributed by atoms with Gasteiger partial charge in [0.25, 0.3) is 0 Å². The molecule has 1 atom stereocenters. The Hall–Kier alpha value is -1.79. The zero-order valence-electron chi connectivity index (χ0n) is 13.5. The second kappa shape index (κ2) is 7.66. The summed E-state index contributed by atoms with van der Waals surface area (Å²) in [5.41, 5.74) is 0.987. The lowest BCUT2D eigenvalue weighted by Gasteiger charge is -2.20. The Kier molecular flexibility index (Phi) is 5.35. The number of carbonyl (C=O) groups is 1. The molecule has 1 aromatic rings. The molecular weight excluding hydrogens is 298 g/mol. The number of amides is 1. The number of ether oxygens (including phenoxy) is 4. The quantitative estimate of drug-likeness (QED) is 0.822. The Labute approximate surface area is 136 Å². The van der Waals surface area contributed by atoms with Crippen LogP contribution >= 0.6 is 0 Å². The molecule has 0 bridgehead atoms. The normalized spacial score (nSPS) is 20.6. The number of benzene rings is 1. The van der Waals surface area contributed by atoms with Crippen LogP contribution in [-0.2, 0) is 20.8 Å². The van der Waals surface area contributed by atoms with Gasteiger partial charge in [-0.3, -0.25) is 4.79 Å². The molecule has 2 aliphatic rings. The minimum atomic E-state index is -0.00353. The minimum Gasteiger partial charge on any atom is -0.497 e. The van der Waals surface area contributed by atoms with Gasteiger partial charge in [-0.25, -0.2) is 0 Å². The standard InChI is InChI=1S/C17H23NO5/c1-20-15-3-2-14-9-18(5-7-23-16(14)8-15)17(19)12-22-11-13-4-6-21-10-13/h2-3,8,13H,4-7,9-12H2,1H3. The van der Waals surface area contributed by atoms with Crippen LogP contribution in [0.5, 0.6) is 11.5 Å². The van der Waals surface area contributed by atoms with Gasteiger partial charge in [0.15, 0.2) is 0 Å². The molecule has 1 fully saturated rings. The molecule has 1 saturated heterocycles. The molecule has 0 aromatic heterocycles. The smallest absolute Gasteiger partial charge is 0.248 e. The molecule has 0 N–H and O–H groups in total. The van der Waals surface area contributed by atoms with Crippen molar-refractivity contribution in [1.82, 2.24) is 4.90 Å². The second-order valence-corrected chi connectivity index (χ2v) is 5.88. The predicted molar refractivity (Wildman–Crippen MR) is 83.7 cm³/mol. The van der Waals surface area contributed by atoms with E-state index in [1.165, 1.54) is 0 Å². The maximum atomic E-state index is 12.3. The predicted octanol–water partition coefficient (Wildman–Crippen LogP) is 1.47.